The normalized spacial score (nSPS) is 11.3. The summed E-state index contributed by atoms with van der Waals surface area (Å²) in [6.45, 7) is 2.03. The Bertz CT molecular complexity index is 718. The van der Waals surface area contributed by atoms with Gasteiger partial charge in [-0.3, -0.25) is 4.79 Å². The van der Waals surface area contributed by atoms with Gasteiger partial charge in [0.15, 0.2) is 0 Å². The number of anilines is 1. The summed E-state index contributed by atoms with van der Waals surface area (Å²) in [7, 11) is -3.71. The van der Waals surface area contributed by atoms with Crippen LogP contribution in [0.3, 0.4) is 0 Å². The maximum Gasteiger partial charge on any atom is 0.265 e. The molecule has 0 saturated heterocycles. The van der Waals surface area contributed by atoms with Crippen LogP contribution in [0.1, 0.15) is 21.5 Å². The number of hydrogen-bond acceptors (Lipinski definition) is 4. The SMILES string of the molecule is CCc1ccc(C(=O)Nc2ccc(S(N)(=O)=O)cc2)s1. The maximum atomic E-state index is 12.0. The van der Waals surface area contributed by atoms with E-state index in [9.17, 15) is 13.2 Å². The molecule has 1 heterocycles. The van der Waals surface area contributed by atoms with Gasteiger partial charge in [-0.2, -0.15) is 0 Å². The highest BCUT2D eigenvalue weighted by atomic mass is 32.2. The maximum absolute atomic E-state index is 12.0. The van der Waals surface area contributed by atoms with E-state index in [4.69, 9.17) is 5.14 Å². The van der Waals surface area contributed by atoms with Gasteiger partial charge in [-0.15, -0.1) is 11.3 Å². The Morgan fingerprint density at radius 2 is 1.85 bits per heavy atom. The minimum absolute atomic E-state index is 0.0138. The van der Waals surface area contributed by atoms with E-state index < -0.39 is 10.0 Å². The molecule has 0 saturated carbocycles. The second-order valence-electron chi connectivity index (χ2n) is 4.14. The Labute approximate surface area is 121 Å². The fourth-order valence-corrected chi connectivity index (χ4v) is 2.97. The van der Waals surface area contributed by atoms with Crippen molar-refractivity contribution in [1.29, 1.82) is 0 Å². The molecule has 2 rings (SSSR count). The average Bonchev–Trinajstić information content (AvgIpc) is 2.87. The minimum atomic E-state index is -3.71. The monoisotopic (exact) mass is 310 g/mol. The molecule has 3 N–H and O–H groups in total. The van der Waals surface area contributed by atoms with E-state index in [-0.39, 0.29) is 10.8 Å². The first-order valence-electron chi connectivity index (χ1n) is 5.93. The third-order valence-corrected chi connectivity index (χ3v) is 4.83. The van der Waals surface area contributed by atoms with Gasteiger partial charge < -0.3 is 5.32 Å². The Balaban J connectivity index is 2.12. The molecule has 0 unspecified atom stereocenters. The second kappa shape index (κ2) is 5.74. The topological polar surface area (TPSA) is 89.3 Å². The van der Waals surface area contributed by atoms with Gasteiger partial charge in [-0.1, -0.05) is 6.92 Å². The van der Waals surface area contributed by atoms with Crippen LogP contribution in [0, 0.1) is 0 Å². The van der Waals surface area contributed by atoms with Gasteiger partial charge in [0.25, 0.3) is 5.91 Å². The fraction of sp³-hybridized carbons (Fsp3) is 0.154. The summed E-state index contributed by atoms with van der Waals surface area (Å²) in [6.07, 6.45) is 0.890. The summed E-state index contributed by atoms with van der Waals surface area (Å²) in [6, 6.07) is 9.42. The summed E-state index contributed by atoms with van der Waals surface area (Å²) < 4.78 is 22.2. The van der Waals surface area contributed by atoms with Crippen molar-refractivity contribution >= 4 is 33.0 Å². The van der Waals surface area contributed by atoms with Crippen molar-refractivity contribution in [2.75, 3.05) is 5.32 Å². The predicted octanol–water partition coefficient (Wildman–Crippen LogP) is 2.21. The molecule has 20 heavy (non-hydrogen) atoms. The smallest absolute Gasteiger partial charge is 0.265 e. The quantitative estimate of drug-likeness (QED) is 0.907. The predicted molar refractivity (Wildman–Crippen MR) is 79.5 cm³/mol. The largest absolute Gasteiger partial charge is 0.321 e. The molecule has 5 nitrogen and oxygen atoms in total. The van der Waals surface area contributed by atoms with Crippen LogP contribution in [-0.2, 0) is 16.4 Å². The van der Waals surface area contributed by atoms with Crippen LogP contribution >= 0.6 is 11.3 Å². The molecule has 0 fully saturated rings. The summed E-state index contributed by atoms with van der Waals surface area (Å²) >= 11 is 1.44. The van der Waals surface area contributed by atoms with Crippen molar-refractivity contribution in [3.8, 4) is 0 Å². The fourth-order valence-electron chi connectivity index (χ4n) is 1.61. The number of nitrogens with two attached hydrogens (primary N) is 1. The molecule has 106 valence electrons. The van der Waals surface area contributed by atoms with Crippen molar-refractivity contribution in [2.24, 2.45) is 5.14 Å². The van der Waals surface area contributed by atoms with Crippen LogP contribution in [0.5, 0.6) is 0 Å². The number of amides is 1. The standard InChI is InChI=1S/C13H14N2O3S2/c1-2-10-5-8-12(19-10)13(16)15-9-3-6-11(7-4-9)20(14,17)18/h3-8H,2H2,1H3,(H,15,16)(H2,14,17,18). The molecule has 1 aromatic heterocycles. The molecule has 0 atom stereocenters. The van der Waals surface area contributed by atoms with Gasteiger partial charge >= 0.3 is 0 Å². The zero-order chi connectivity index (χ0) is 14.8. The number of carbonyl (C=O) groups excluding carboxylic acids is 1. The van der Waals surface area contributed by atoms with Gasteiger partial charge in [0.05, 0.1) is 9.77 Å². The van der Waals surface area contributed by atoms with Crippen LogP contribution in [0.2, 0.25) is 0 Å². The van der Waals surface area contributed by atoms with Crippen LogP contribution in [0.4, 0.5) is 5.69 Å². The van der Waals surface area contributed by atoms with Gasteiger partial charge in [0, 0.05) is 10.6 Å². The lowest BCUT2D eigenvalue weighted by molar-refractivity contribution is 0.103. The highest BCUT2D eigenvalue weighted by molar-refractivity contribution is 7.89. The second-order valence-corrected chi connectivity index (χ2v) is 6.87. The van der Waals surface area contributed by atoms with E-state index in [1.54, 1.807) is 6.07 Å². The first-order valence-corrected chi connectivity index (χ1v) is 8.29. The van der Waals surface area contributed by atoms with Crippen molar-refractivity contribution in [3.63, 3.8) is 0 Å². The van der Waals surface area contributed by atoms with Crippen LogP contribution < -0.4 is 10.5 Å². The molecule has 0 aliphatic carbocycles. The molecule has 1 amide bonds. The van der Waals surface area contributed by atoms with E-state index in [2.05, 4.69) is 5.32 Å². The summed E-state index contributed by atoms with van der Waals surface area (Å²) in [5, 5.41) is 7.71. The van der Waals surface area contributed by atoms with Crippen molar-refractivity contribution in [1.82, 2.24) is 0 Å². The Kier molecular flexibility index (Phi) is 4.22. The molecular formula is C13H14N2O3S2. The van der Waals surface area contributed by atoms with Crippen molar-refractivity contribution in [3.05, 3.63) is 46.2 Å². The number of primary sulfonamides is 1. The molecule has 0 bridgehead atoms. The van der Waals surface area contributed by atoms with Gasteiger partial charge in [0.1, 0.15) is 0 Å². The highest BCUT2D eigenvalue weighted by Gasteiger charge is 2.10. The summed E-state index contributed by atoms with van der Waals surface area (Å²) in [5.41, 5.74) is 0.522. The molecule has 0 spiro atoms. The van der Waals surface area contributed by atoms with E-state index in [1.165, 1.54) is 35.6 Å². The molecule has 1 aromatic carbocycles. The van der Waals surface area contributed by atoms with Crippen molar-refractivity contribution in [2.45, 2.75) is 18.2 Å². The highest BCUT2D eigenvalue weighted by Crippen LogP contribution is 2.19. The van der Waals surface area contributed by atoms with Crippen LogP contribution in [-0.4, -0.2) is 14.3 Å². The lowest BCUT2D eigenvalue weighted by atomic mass is 10.3. The van der Waals surface area contributed by atoms with Gasteiger partial charge in [0.2, 0.25) is 10.0 Å². The molecule has 2 aromatic rings. The molecule has 0 radical (unpaired) electrons. The minimum Gasteiger partial charge on any atom is -0.321 e. The molecular weight excluding hydrogens is 296 g/mol. The number of hydrogen-bond donors (Lipinski definition) is 2. The number of sulfonamides is 1. The molecule has 7 heteroatoms. The third-order valence-electron chi connectivity index (χ3n) is 2.67. The van der Waals surface area contributed by atoms with Crippen LogP contribution in [0.25, 0.3) is 0 Å². The summed E-state index contributed by atoms with van der Waals surface area (Å²) in [5.74, 6) is -0.210. The number of thiophene rings is 1. The number of rotatable bonds is 4. The van der Waals surface area contributed by atoms with E-state index in [0.29, 0.717) is 10.6 Å². The molecule has 0 aliphatic heterocycles. The Hall–Kier alpha value is -1.70. The number of carbonyl (C=O) groups is 1. The first-order chi connectivity index (χ1) is 9.40. The number of aryl methyl sites for hydroxylation is 1. The molecule has 0 aliphatic rings. The number of benzene rings is 1. The van der Waals surface area contributed by atoms with Crippen molar-refractivity contribution < 1.29 is 13.2 Å². The van der Waals surface area contributed by atoms with E-state index in [1.807, 2.05) is 13.0 Å². The number of nitrogens with one attached hydrogen (secondary N) is 1. The zero-order valence-electron chi connectivity index (χ0n) is 10.8. The van der Waals surface area contributed by atoms with Gasteiger partial charge in [-0.05, 0) is 42.8 Å². The van der Waals surface area contributed by atoms with E-state index in [0.717, 1.165) is 11.3 Å². The third kappa shape index (κ3) is 3.44. The van der Waals surface area contributed by atoms with Crippen LogP contribution in [0.15, 0.2) is 41.3 Å². The van der Waals surface area contributed by atoms with Gasteiger partial charge in [-0.25, -0.2) is 13.6 Å². The van der Waals surface area contributed by atoms with E-state index >= 15 is 0 Å². The Morgan fingerprint density at radius 3 is 2.35 bits per heavy atom. The average molecular weight is 310 g/mol. The first kappa shape index (κ1) is 14.7. The lowest BCUT2D eigenvalue weighted by Crippen LogP contribution is -2.13. The zero-order valence-corrected chi connectivity index (χ0v) is 12.4. The summed E-state index contributed by atoms with van der Waals surface area (Å²) in [4.78, 5) is 13.8. The Morgan fingerprint density at radius 1 is 1.20 bits per heavy atom. The lowest BCUT2D eigenvalue weighted by Gasteiger charge is -2.04.